The fourth-order valence-corrected chi connectivity index (χ4v) is 0. The van der Waals surface area contributed by atoms with Crippen molar-refractivity contribution in [2.75, 3.05) is 0 Å². The van der Waals surface area contributed by atoms with E-state index in [1.807, 2.05) is 33.9 Å². The number of hydrogen-bond acceptors (Lipinski definition) is 6. The van der Waals surface area contributed by atoms with E-state index in [1.165, 1.54) is 0 Å². The molecule has 0 unspecified atom stereocenters. The maximum atomic E-state index is 8.00. The third-order valence-corrected chi connectivity index (χ3v) is 0. The van der Waals surface area contributed by atoms with E-state index in [1.54, 1.807) is 0 Å². The van der Waals surface area contributed by atoms with Crippen molar-refractivity contribution < 1.29 is 41.3 Å². The van der Waals surface area contributed by atoms with Crippen LogP contribution in [0.5, 0.6) is 0 Å². The van der Waals surface area contributed by atoms with Gasteiger partial charge < -0.3 is 30.1 Å². The van der Waals surface area contributed by atoms with Crippen molar-refractivity contribution in [2.45, 2.75) is 0 Å². The number of hydrogen-bond donors (Lipinski definition) is 1. The minimum absolute atomic E-state index is 0. The third kappa shape index (κ3) is 406. The Morgan fingerprint density at radius 3 is 0.417 bits per heavy atom. The van der Waals surface area contributed by atoms with E-state index in [9.17, 15) is 0 Å². The molecule has 0 bridgehead atoms. The van der Waals surface area contributed by atoms with Gasteiger partial charge in [0.15, 0.2) is 0 Å². The van der Waals surface area contributed by atoms with E-state index < -0.39 is 0 Å². The van der Waals surface area contributed by atoms with Crippen LogP contribution in [0, 0.1) is 0 Å². The van der Waals surface area contributed by atoms with Gasteiger partial charge in [0.1, 0.15) is 33.9 Å². The summed E-state index contributed by atoms with van der Waals surface area (Å²) in [7, 11) is 0. The maximum absolute atomic E-state index is 8.00. The van der Waals surface area contributed by atoms with Crippen LogP contribution >= 0.6 is 0 Å². The summed E-state index contributed by atoms with van der Waals surface area (Å²) >= 11 is 0. The predicted molar refractivity (Wildman–Crippen MR) is 40.6 cm³/mol. The Morgan fingerprint density at radius 2 is 0.417 bits per heavy atom. The first-order chi connectivity index (χ1) is 5.00. The minimum atomic E-state index is 0. The van der Waals surface area contributed by atoms with Crippen LogP contribution < -0.4 is 6.15 Å². The van der Waals surface area contributed by atoms with Gasteiger partial charge >= 0.3 is 0 Å². The predicted octanol–water partition coefficient (Wildman–Crippen LogP) is -0.765. The van der Waals surface area contributed by atoms with E-state index in [0.29, 0.717) is 0 Å². The molecule has 0 fully saturated rings. The van der Waals surface area contributed by atoms with E-state index in [4.69, 9.17) is 24.0 Å². The summed E-state index contributed by atoms with van der Waals surface area (Å²) in [4.78, 5) is 40.0. The molecule has 0 spiro atoms. The average Bonchev–Trinajstić information content (AvgIpc) is 2.20. The summed E-state index contributed by atoms with van der Waals surface area (Å²) in [5, 5.41) is 0. The van der Waals surface area contributed by atoms with Gasteiger partial charge in [0.25, 0.3) is 0 Å². The SMILES string of the molecule is C=O.C=O.C=O.C=O.C=O.N.[Cr]. The molecule has 0 amide bonds. The standard InChI is InChI=1S/5CH2O.Cr.H3N/c5*1-2;;/h5*1H2;;1H3. The van der Waals surface area contributed by atoms with Crippen LogP contribution in [0.1, 0.15) is 0 Å². The molecule has 0 radical (unpaired) electrons. The minimum Gasteiger partial charge on any atom is -0.344 e. The molecule has 0 aromatic carbocycles. The van der Waals surface area contributed by atoms with Crippen LogP contribution in [0.3, 0.4) is 0 Å². The van der Waals surface area contributed by atoms with Gasteiger partial charge in [-0.05, 0) is 0 Å². The summed E-state index contributed by atoms with van der Waals surface area (Å²) in [5.74, 6) is 0. The Labute approximate surface area is 82.0 Å². The smallest absolute Gasteiger partial charge is 0.106 e. The van der Waals surface area contributed by atoms with Crippen LogP contribution in [-0.2, 0) is 41.3 Å². The first kappa shape index (κ1) is 71.1. The largest absolute Gasteiger partial charge is 0.344 e. The molecular formula is C5H13CrNO5. The molecule has 7 heteroatoms. The zero-order chi connectivity index (χ0) is 10.0. The van der Waals surface area contributed by atoms with Gasteiger partial charge in [-0.25, -0.2) is 0 Å². The molecule has 74 valence electrons. The van der Waals surface area contributed by atoms with Gasteiger partial charge in [-0.3, -0.25) is 0 Å². The molecule has 6 nitrogen and oxygen atoms in total. The molecule has 0 aliphatic carbocycles. The van der Waals surface area contributed by atoms with Crippen molar-refractivity contribution in [3.63, 3.8) is 0 Å². The molecule has 0 atom stereocenters. The molecule has 0 saturated heterocycles. The zero-order valence-electron chi connectivity index (χ0n) is 6.69. The van der Waals surface area contributed by atoms with Gasteiger partial charge in [0.2, 0.25) is 0 Å². The van der Waals surface area contributed by atoms with Crippen molar-refractivity contribution in [3.05, 3.63) is 0 Å². The molecule has 0 rings (SSSR count). The van der Waals surface area contributed by atoms with Gasteiger partial charge in [-0.2, -0.15) is 0 Å². The quantitative estimate of drug-likeness (QED) is 0.571. The molecular weight excluding hydrogens is 206 g/mol. The van der Waals surface area contributed by atoms with Gasteiger partial charge in [0.05, 0.1) is 0 Å². The first-order valence-electron chi connectivity index (χ1n) is 1.44. The second kappa shape index (κ2) is 574. The Kier molecular flexibility index (Phi) is 3410. The molecule has 0 saturated carbocycles. The maximum Gasteiger partial charge on any atom is 0.106 e. The molecule has 0 heterocycles. The van der Waals surface area contributed by atoms with Crippen LogP contribution in [0.4, 0.5) is 0 Å². The second-order valence-corrected chi connectivity index (χ2v) is 0. The summed E-state index contributed by atoms with van der Waals surface area (Å²) in [6.07, 6.45) is 0. The third-order valence-electron chi connectivity index (χ3n) is 0. The Morgan fingerprint density at radius 1 is 0.417 bits per heavy atom. The van der Waals surface area contributed by atoms with E-state index >= 15 is 0 Å². The zero-order valence-corrected chi connectivity index (χ0v) is 7.97. The summed E-state index contributed by atoms with van der Waals surface area (Å²) in [6, 6.07) is 0. The number of carbonyl (C=O) groups is 5. The van der Waals surface area contributed by atoms with Crippen LogP contribution in [0.15, 0.2) is 0 Å². The van der Waals surface area contributed by atoms with E-state index in [-0.39, 0.29) is 23.5 Å². The van der Waals surface area contributed by atoms with Crippen LogP contribution in [-0.4, -0.2) is 33.9 Å². The van der Waals surface area contributed by atoms with Crippen molar-refractivity contribution in [3.8, 4) is 0 Å². The van der Waals surface area contributed by atoms with Crippen molar-refractivity contribution in [1.82, 2.24) is 6.15 Å². The average molecular weight is 219 g/mol. The number of rotatable bonds is 0. The summed E-state index contributed by atoms with van der Waals surface area (Å²) in [5.41, 5.74) is 0. The summed E-state index contributed by atoms with van der Waals surface area (Å²) < 4.78 is 0. The van der Waals surface area contributed by atoms with Crippen molar-refractivity contribution >= 4 is 33.9 Å². The molecule has 3 N–H and O–H groups in total. The normalized spacial score (nSPS) is 1.67. The second-order valence-electron chi connectivity index (χ2n) is 0. The Bertz CT molecular complexity index is 31.4. The summed E-state index contributed by atoms with van der Waals surface area (Å²) in [6.45, 7) is 10.0. The first-order valence-corrected chi connectivity index (χ1v) is 1.44. The number of carbonyl (C=O) groups excluding carboxylic acids is 5. The molecule has 12 heavy (non-hydrogen) atoms. The topological polar surface area (TPSA) is 120 Å². The van der Waals surface area contributed by atoms with Crippen molar-refractivity contribution in [2.24, 2.45) is 0 Å². The Hall–Kier alpha value is -1.16. The van der Waals surface area contributed by atoms with Crippen LogP contribution in [0.2, 0.25) is 0 Å². The fraction of sp³-hybridized carbons (Fsp3) is 0. The van der Waals surface area contributed by atoms with Gasteiger partial charge in [0, 0.05) is 17.4 Å². The Balaban J connectivity index is -0.00000000500. The van der Waals surface area contributed by atoms with Gasteiger partial charge in [-0.1, -0.05) is 0 Å². The van der Waals surface area contributed by atoms with E-state index in [2.05, 4.69) is 0 Å². The van der Waals surface area contributed by atoms with Gasteiger partial charge in [-0.15, -0.1) is 0 Å². The molecule has 0 aliphatic rings. The monoisotopic (exact) mass is 219 g/mol. The van der Waals surface area contributed by atoms with Crippen LogP contribution in [0.25, 0.3) is 0 Å². The van der Waals surface area contributed by atoms with Crippen molar-refractivity contribution in [1.29, 1.82) is 0 Å². The molecule has 0 aromatic rings. The molecule has 0 aliphatic heterocycles. The fourth-order valence-electron chi connectivity index (χ4n) is 0. The molecule has 0 aromatic heterocycles. The van der Waals surface area contributed by atoms with E-state index in [0.717, 1.165) is 0 Å².